The summed E-state index contributed by atoms with van der Waals surface area (Å²) in [5.74, 6) is 0. The summed E-state index contributed by atoms with van der Waals surface area (Å²) in [5.41, 5.74) is 1.37. The zero-order valence-electron chi connectivity index (χ0n) is 9.41. The molecule has 3 heteroatoms. The van der Waals surface area contributed by atoms with Crippen LogP contribution >= 0.6 is 0 Å². The molecule has 0 radical (unpaired) electrons. The number of hydrogen-bond donors (Lipinski definition) is 1. The maximum absolute atomic E-state index is 2.48. The van der Waals surface area contributed by atoms with Gasteiger partial charge in [0.1, 0.15) is 6.04 Å². The summed E-state index contributed by atoms with van der Waals surface area (Å²) in [6.07, 6.45) is 0. The van der Waals surface area contributed by atoms with Gasteiger partial charge in [0.25, 0.3) is 0 Å². The molecule has 2 unspecified atom stereocenters. The smallest absolute Gasteiger partial charge is 0.102 e. The highest BCUT2D eigenvalue weighted by Crippen LogP contribution is 2.13. The molecule has 15 heavy (non-hydrogen) atoms. The summed E-state index contributed by atoms with van der Waals surface area (Å²) in [6, 6.07) is 11.5. The molecule has 1 aliphatic rings. The van der Waals surface area contributed by atoms with E-state index in [1.54, 1.807) is 4.90 Å². The van der Waals surface area contributed by atoms with Crippen LogP contribution in [0.3, 0.4) is 0 Å². The van der Waals surface area contributed by atoms with Crippen molar-refractivity contribution in [2.24, 2.45) is 0 Å². The summed E-state index contributed by atoms with van der Waals surface area (Å²) in [5, 5.41) is 0. The molecule has 2 rings (SSSR count). The quantitative estimate of drug-likeness (QED) is 0.559. The zero-order valence-corrected chi connectivity index (χ0v) is 11.6. The number of para-hydroxylation sites is 1. The average molecular weight is 318 g/mol. The van der Waals surface area contributed by atoms with Gasteiger partial charge in [-0.2, -0.15) is 0 Å². The van der Waals surface area contributed by atoms with Gasteiger partial charge in [-0.05, 0) is 19.1 Å². The van der Waals surface area contributed by atoms with Crippen molar-refractivity contribution in [2.45, 2.75) is 13.0 Å². The van der Waals surface area contributed by atoms with E-state index in [9.17, 15) is 0 Å². The first-order valence-electron chi connectivity index (χ1n) is 5.39. The Bertz CT molecular complexity index is 289. The molecule has 0 spiro atoms. The molecule has 2 atom stereocenters. The van der Waals surface area contributed by atoms with Gasteiger partial charge in [-0.25, -0.2) is 0 Å². The predicted octanol–water partition coefficient (Wildman–Crippen LogP) is -2.59. The van der Waals surface area contributed by atoms with E-state index >= 15 is 0 Å². The van der Waals surface area contributed by atoms with Crippen LogP contribution in [-0.4, -0.2) is 32.7 Å². The molecule has 1 aliphatic heterocycles. The molecule has 1 heterocycles. The molecule has 0 bridgehead atoms. The Morgan fingerprint density at radius 3 is 2.53 bits per heavy atom. The fourth-order valence-electron chi connectivity index (χ4n) is 2.01. The normalized spacial score (nSPS) is 25.9. The minimum atomic E-state index is 0. The molecule has 1 aromatic carbocycles. The number of likely N-dealkylation sites (N-methyl/N-ethyl adjacent to an activating group) is 1. The number of anilines is 1. The Morgan fingerprint density at radius 2 is 1.93 bits per heavy atom. The molecule has 0 aliphatic carbocycles. The SMILES string of the molecule is CC1CN(c2ccccc2)CC[NH+]1C.[I-]. The number of hydrogen-bond acceptors (Lipinski definition) is 1. The Hall–Kier alpha value is -0.290. The van der Waals surface area contributed by atoms with Crippen LogP contribution in [0.2, 0.25) is 0 Å². The number of nitrogens with one attached hydrogen (secondary N) is 1. The van der Waals surface area contributed by atoms with Gasteiger partial charge < -0.3 is 33.8 Å². The molecule has 0 aromatic heterocycles. The molecular weight excluding hydrogens is 299 g/mol. The maximum Gasteiger partial charge on any atom is 0.102 e. The molecule has 1 fully saturated rings. The van der Waals surface area contributed by atoms with E-state index in [2.05, 4.69) is 49.2 Å². The molecule has 1 N–H and O–H groups in total. The Labute approximate surface area is 109 Å². The van der Waals surface area contributed by atoms with Gasteiger partial charge in [0.15, 0.2) is 0 Å². The first-order chi connectivity index (χ1) is 6.77. The lowest BCUT2D eigenvalue weighted by Crippen LogP contribution is -3.15. The van der Waals surface area contributed by atoms with Gasteiger partial charge in [-0.15, -0.1) is 0 Å². The zero-order chi connectivity index (χ0) is 9.97. The second-order valence-electron chi connectivity index (χ2n) is 4.28. The Morgan fingerprint density at radius 1 is 1.27 bits per heavy atom. The third-order valence-corrected chi connectivity index (χ3v) is 3.23. The number of halogens is 1. The van der Waals surface area contributed by atoms with E-state index in [1.165, 1.54) is 25.3 Å². The van der Waals surface area contributed by atoms with E-state index in [-0.39, 0.29) is 24.0 Å². The van der Waals surface area contributed by atoms with Crippen LogP contribution < -0.4 is 33.8 Å². The molecule has 1 aromatic rings. The van der Waals surface area contributed by atoms with Crippen LogP contribution in [0.1, 0.15) is 6.92 Å². The van der Waals surface area contributed by atoms with Gasteiger partial charge in [0.2, 0.25) is 0 Å². The number of piperazine rings is 1. The van der Waals surface area contributed by atoms with Crippen molar-refractivity contribution < 1.29 is 28.9 Å². The summed E-state index contributed by atoms with van der Waals surface area (Å²) >= 11 is 0. The highest BCUT2D eigenvalue weighted by molar-refractivity contribution is 5.46. The van der Waals surface area contributed by atoms with E-state index in [0.717, 1.165) is 6.04 Å². The Balaban J connectivity index is 0.00000112. The van der Waals surface area contributed by atoms with Crippen molar-refractivity contribution in [1.29, 1.82) is 0 Å². The third kappa shape index (κ3) is 3.08. The fourth-order valence-corrected chi connectivity index (χ4v) is 2.01. The lowest BCUT2D eigenvalue weighted by molar-refractivity contribution is -0.904. The molecule has 84 valence electrons. The lowest BCUT2D eigenvalue weighted by Gasteiger charge is -2.36. The second-order valence-corrected chi connectivity index (χ2v) is 4.28. The van der Waals surface area contributed by atoms with Gasteiger partial charge in [-0.3, -0.25) is 0 Å². The van der Waals surface area contributed by atoms with E-state index in [4.69, 9.17) is 0 Å². The minimum Gasteiger partial charge on any atom is -1.00 e. The number of benzene rings is 1. The van der Waals surface area contributed by atoms with Gasteiger partial charge >= 0.3 is 0 Å². The summed E-state index contributed by atoms with van der Waals surface area (Å²) < 4.78 is 0. The molecule has 2 nitrogen and oxygen atoms in total. The summed E-state index contributed by atoms with van der Waals surface area (Å²) in [6.45, 7) is 5.93. The number of nitrogens with zero attached hydrogens (tertiary/aromatic N) is 1. The molecule has 0 saturated carbocycles. The predicted molar refractivity (Wildman–Crippen MR) is 59.9 cm³/mol. The number of quaternary nitrogens is 1. The molecule has 1 saturated heterocycles. The van der Waals surface area contributed by atoms with Crippen molar-refractivity contribution in [3.8, 4) is 0 Å². The Kier molecular flexibility index (Phi) is 4.86. The van der Waals surface area contributed by atoms with Crippen LogP contribution in [-0.2, 0) is 0 Å². The maximum atomic E-state index is 2.48. The van der Waals surface area contributed by atoms with Gasteiger partial charge in [0, 0.05) is 5.69 Å². The number of rotatable bonds is 1. The van der Waals surface area contributed by atoms with Crippen molar-refractivity contribution in [2.75, 3.05) is 31.6 Å². The highest BCUT2D eigenvalue weighted by Gasteiger charge is 2.23. The lowest BCUT2D eigenvalue weighted by atomic mass is 10.2. The summed E-state index contributed by atoms with van der Waals surface area (Å²) in [7, 11) is 2.28. The summed E-state index contributed by atoms with van der Waals surface area (Å²) in [4.78, 5) is 4.13. The van der Waals surface area contributed by atoms with Crippen molar-refractivity contribution in [1.82, 2.24) is 0 Å². The third-order valence-electron chi connectivity index (χ3n) is 3.23. The van der Waals surface area contributed by atoms with Crippen LogP contribution in [0.15, 0.2) is 30.3 Å². The van der Waals surface area contributed by atoms with Crippen LogP contribution in [0.5, 0.6) is 0 Å². The largest absolute Gasteiger partial charge is 1.00 e. The second kappa shape index (κ2) is 5.70. The van der Waals surface area contributed by atoms with E-state index in [1.807, 2.05) is 0 Å². The topological polar surface area (TPSA) is 7.68 Å². The van der Waals surface area contributed by atoms with Crippen molar-refractivity contribution in [3.63, 3.8) is 0 Å². The standard InChI is InChI=1S/C12H18N2.HI/c1-11-10-14(9-8-13(11)2)12-6-4-3-5-7-12;/h3-7,11H,8-10H2,1-2H3;1H. The van der Waals surface area contributed by atoms with Crippen molar-refractivity contribution >= 4 is 5.69 Å². The van der Waals surface area contributed by atoms with Gasteiger partial charge in [0.05, 0.1) is 26.7 Å². The van der Waals surface area contributed by atoms with Gasteiger partial charge in [-0.1, -0.05) is 18.2 Å². The van der Waals surface area contributed by atoms with E-state index in [0.29, 0.717) is 0 Å². The van der Waals surface area contributed by atoms with Crippen LogP contribution in [0, 0.1) is 0 Å². The average Bonchev–Trinajstić information content (AvgIpc) is 2.23. The van der Waals surface area contributed by atoms with Crippen molar-refractivity contribution in [3.05, 3.63) is 30.3 Å². The monoisotopic (exact) mass is 318 g/mol. The minimum absolute atomic E-state index is 0. The first-order valence-corrected chi connectivity index (χ1v) is 5.39. The first kappa shape index (κ1) is 12.8. The highest BCUT2D eigenvalue weighted by atomic mass is 127. The fraction of sp³-hybridized carbons (Fsp3) is 0.500. The molecule has 0 amide bonds. The van der Waals surface area contributed by atoms with E-state index < -0.39 is 0 Å². The van der Waals surface area contributed by atoms with Crippen LogP contribution in [0.25, 0.3) is 0 Å². The van der Waals surface area contributed by atoms with Crippen LogP contribution in [0.4, 0.5) is 5.69 Å². The molecular formula is C12H19IN2.